The van der Waals surface area contributed by atoms with Gasteiger partial charge in [-0.3, -0.25) is 15.0 Å². The number of nitrogens with one attached hydrogen (secondary N) is 1. The Hall–Kier alpha value is -2.30. The number of nitrogens with zero attached hydrogens (tertiary/aromatic N) is 1. The minimum Gasteiger partial charge on any atom is -0.496 e. The van der Waals surface area contributed by atoms with Gasteiger partial charge in [-0.1, -0.05) is 18.2 Å². The largest absolute Gasteiger partial charge is 0.496 e. The van der Waals surface area contributed by atoms with Crippen LogP contribution in [0.15, 0.2) is 35.9 Å². The van der Waals surface area contributed by atoms with Crippen molar-refractivity contribution in [3.63, 3.8) is 0 Å². The van der Waals surface area contributed by atoms with Crippen molar-refractivity contribution in [2.45, 2.75) is 39.2 Å². The van der Waals surface area contributed by atoms with Crippen molar-refractivity contribution in [2.75, 3.05) is 7.11 Å². The lowest BCUT2D eigenvalue weighted by atomic mass is 9.96. The molecule has 0 saturated carbocycles. The number of hydrogen-bond donors (Lipinski definition) is 1. The van der Waals surface area contributed by atoms with Crippen LogP contribution >= 0.6 is 0 Å². The summed E-state index contributed by atoms with van der Waals surface area (Å²) >= 11 is 0. The third-order valence-corrected chi connectivity index (χ3v) is 3.52. The van der Waals surface area contributed by atoms with Gasteiger partial charge in [-0.05, 0) is 45.7 Å². The van der Waals surface area contributed by atoms with Gasteiger partial charge in [-0.25, -0.2) is 5.01 Å². The topological polar surface area (TPSA) is 58.6 Å². The second kappa shape index (κ2) is 6.22. The number of carbonyl (C=O) groups is 2. The number of hydrazine groups is 1. The van der Waals surface area contributed by atoms with E-state index in [0.717, 1.165) is 18.4 Å². The third kappa shape index (κ3) is 3.30. The van der Waals surface area contributed by atoms with Gasteiger partial charge in [0.1, 0.15) is 5.75 Å². The lowest BCUT2D eigenvalue weighted by molar-refractivity contribution is -0.135. The number of benzene rings is 1. The predicted molar refractivity (Wildman–Crippen MR) is 84.4 cm³/mol. The highest BCUT2D eigenvalue weighted by Crippen LogP contribution is 2.24. The SMILES string of the molecule is COc1ccccc1C(=O)NN(C(=O)C1=CCC1)C(C)(C)C. The van der Waals surface area contributed by atoms with Crippen molar-refractivity contribution in [2.24, 2.45) is 0 Å². The molecule has 22 heavy (non-hydrogen) atoms. The predicted octanol–water partition coefficient (Wildman–Crippen LogP) is 2.69. The maximum atomic E-state index is 12.5. The van der Waals surface area contributed by atoms with E-state index in [9.17, 15) is 9.59 Å². The molecule has 5 heteroatoms. The van der Waals surface area contributed by atoms with E-state index in [1.807, 2.05) is 26.8 Å². The Bertz CT molecular complexity index is 615. The van der Waals surface area contributed by atoms with Crippen molar-refractivity contribution >= 4 is 11.8 Å². The zero-order chi connectivity index (χ0) is 16.3. The van der Waals surface area contributed by atoms with Crippen LogP contribution < -0.4 is 10.2 Å². The molecule has 0 spiro atoms. The summed E-state index contributed by atoms with van der Waals surface area (Å²) in [5.74, 6) is -0.0354. The van der Waals surface area contributed by atoms with E-state index in [4.69, 9.17) is 4.74 Å². The van der Waals surface area contributed by atoms with Gasteiger partial charge < -0.3 is 4.74 Å². The highest BCUT2D eigenvalue weighted by Gasteiger charge is 2.32. The molecule has 5 nitrogen and oxygen atoms in total. The first-order valence-electron chi connectivity index (χ1n) is 7.32. The smallest absolute Gasteiger partial charge is 0.273 e. The lowest BCUT2D eigenvalue weighted by Crippen LogP contribution is -2.56. The molecule has 2 rings (SSSR count). The van der Waals surface area contributed by atoms with Crippen LogP contribution in [0.1, 0.15) is 44.0 Å². The standard InChI is InChI=1S/C17H22N2O3/c1-17(2,3)19(16(21)12-8-7-9-12)18-15(20)13-10-5-6-11-14(13)22-4/h5-6,8,10-11H,7,9H2,1-4H3,(H,18,20). The van der Waals surface area contributed by atoms with Crippen molar-refractivity contribution in [1.82, 2.24) is 10.4 Å². The van der Waals surface area contributed by atoms with Gasteiger partial charge in [0.05, 0.1) is 18.2 Å². The zero-order valence-corrected chi connectivity index (χ0v) is 13.5. The van der Waals surface area contributed by atoms with E-state index in [2.05, 4.69) is 5.43 Å². The van der Waals surface area contributed by atoms with Gasteiger partial charge in [0, 0.05) is 5.57 Å². The van der Waals surface area contributed by atoms with E-state index < -0.39 is 5.54 Å². The minimum absolute atomic E-state index is 0.151. The summed E-state index contributed by atoms with van der Waals surface area (Å²) in [7, 11) is 1.51. The molecule has 0 radical (unpaired) electrons. The maximum Gasteiger partial charge on any atom is 0.273 e. The second-order valence-electron chi connectivity index (χ2n) is 6.22. The number of hydrogen-bond acceptors (Lipinski definition) is 3. The van der Waals surface area contributed by atoms with Crippen LogP contribution in [-0.2, 0) is 4.79 Å². The molecule has 0 bridgehead atoms. The Morgan fingerprint density at radius 3 is 2.36 bits per heavy atom. The van der Waals surface area contributed by atoms with Gasteiger partial charge in [-0.2, -0.15) is 0 Å². The fraction of sp³-hybridized carbons (Fsp3) is 0.412. The Balaban J connectivity index is 2.23. The van der Waals surface area contributed by atoms with Crippen LogP contribution in [0.4, 0.5) is 0 Å². The number of allylic oxidation sites excluding steroid dienone is 1. The van der Waals surface area contributed by atoms with Crippen LogP contribution in [0.25, 0.3) is 0 Å². The fourth-order valence-electron chi connectivity index (χ4n) is 2.14. The molecule has 1 aliphatic rings. The lowest BCUT2D eigenvalue weighted by Gasteiger charge is -2.37. The molecule has 0 aliphatic heterocycles. The molecular formula is C17H22N2O3. The summed E-state index contributed by atoms with van der Waals surface area (Å²) in [6.45, 7) is 5.64. The molecule has 118 valence electrons. The number of ether oxygens (including phenoxy) is 1. The summed E-state index contributed by atoms with van der Waals surface area (Å²) in [6.07, 6.45) is 3.58. The van der Waals surface area contributed by atoms with Gasteiger partial charge in [-0.15, -0.1) is 0 Å². The van der Waals surface area contributed by atoms with Gasteiger partial charge in [0.25, 0.3) is 11.8 Å². The average Bonchev–Trinajstić information content (AvgIpc) is 2.41. The molecule has 1 aliphatic carbocycles. The monoisotopic (exact) mass is 302 g/mol. The molecule has 0 heterocycles. The van der Waals surface area contributed by atoms with Gasteiger partial charge in [0.15, 0.2) is 0 Å². The van der Waals surface area contributed by atoms with Crippen molar-refractivity contribution in [3.8, 4) is 5.75 Å². The van der Waals surface area contributed by atoms with Crippen LogP contribution in [0.5, 0.6) is 5.75 Å². The van der Waals surface area contributed by atoms with Crippen LogP contribution in [0.3, 0.4) is 0 Å². The Morgan fingerprint density at radius 2 is 1.86 bits per heavy atom. The van der Waals surface area contributed by atoms with Gasteiger partial charge in [0.2, 0.25) is 0 Å². The van der Waals surface area contributed by atoms with E-state index in [1.165, 1.54) is 12.1 Å². The quantitative estimate of drug-likeness (QED) is 0.873. The molecule has 0 aromatic heterocycles. The number of carbonyl (C=O) groups excluding carboxylic acids is 2. The molecule has 0 saturated heterocycles. The summed E-state index contributed by atoms with van der Waals surface area (Å²) in [5, 5.41) is 1.40. The Kier molecular flexibility index (Phi) is 4.54. The van der Waals surface area contributed by atoms with Crippen molar-refractivity contribution in [3.05, 3.63) is 41.5 Å². The second-order valence-corrected chi connectivity index (χ2v) is 6.22. The molecular weight excluding hydrogens is 280 g/mol. The Morgan fingerprint density at radius 1 is 1.23 bits per heavy atom. The first kappa shape index (κ1) is 16.1. The molecule has 0 atom stereocenters. The highest BCUT2D eigenvalue weighted by atomic mass is 16.5. The maximum absolute atomic E-state index is 12.5. The van der Waals surface area contributed by atoms with Crippen molar-refractivity contribution < 1.29 is 14.3 Å². The van der Waals surface area contributed by atoms with Crippen LogP contribution in [0.2, 0.25) is 0 Å². The molecule has 1 aromatic rings. The Labute approximate surface area is 130 Å². The first-order valence-corrected chi connectivity index (χ1v) is 7.32. The molecule has 0 fully saturated rings. The molecule has 0 unspecified atom stereocenters. The zero-order valence-electron chi connectivity index (χ0n) is 13.5. The van der Waals surface area contributed by atoms with Gasteiger partial charge >= 0.3 is 0 Å². The minimum atomic E-state index is -0.523. The molecule has 1 aromatic carbocycles. The van der Waals surface area contributed by atoms with E-state index in [0.29, 0.717) is 11.3 Å². The average molecular weight is 302 g/mol. The summed E-state index contributed by atoms with van der Waals surface area (Å²) in [6, 6.07) is 6.94. The molecule has 1 N–H and O–H groups in total. The van der Waals surface area contributed by atoms with E-state index >= 15 is 0 Å². The number of rotatable bonds is 3. The number of para-hydroxylation sites is 1. The third-order valence-electron chi connectivity index (χ3n) is 3.52. The van der Waals surface area contributed by atoms with E-state index in [1.54, 1.807) is 24.3 Å². The van der Waals surface area contributed by atoms with Crippen molar-refractivity contribution in [1.29, 1.82) is 0 Å². The normalized spacial score (nSPS) is 13.7. The summed E-state index contributed by atoms with van der Waals surface area (Å²) < 4.78 is 5.20. The summed E-state index contributed by atoms with van der Waals surface area (Å²) in [5.41, 5.74) is 3.34. The number of methoxy groups -OCH3 is 1. The van der Waals surface area contributed by atoms with E-state index in [-0.39, 0.29) is 11.8 Å². The summed E-state index contributed by atoms with van der Waals surface area (Å²) in [4.78, 5) is 25.0. The number of amides is 2. The fourth-order valence-corrected chi connectivity index (χ4v) is 2.14. The highest BCUT2D eigenvalue weighted by molar-refractivity contribution is 6.00. The van der Waals surface area contributed by atoms with Crippen LogP contribution in [-0.4, -0.2) is 29.5 Å². The first-order chi connectivity index (χ1) is 10.3. The van der Waals surface area contributed by atoms with Crippen LogP contribution in [0, 0.1) is 0 Å². The molecule has 2 amide bonds.